The Morgan fingerprint density at radius 2 is 2.00 bits per heavy atom. The van der Waals surface area contributed by atoms with Gasteiger partial charge in [0.15, 0.2) is 0 Å². The molecule has 1 aromatic carbocycles. The first-order valence-corrected chi connectivity index (χ1v) is 6.84. The molecule has 6 nitrogen and oxygen atoms in total. The number of carbonyl (C=O) groups is 2. The maximum Gasteiger partial charge on any atom is 0.338 e. The molecule has 0 unspecified atom stereocenters. The number of ether oxygens (including phenoxy) is 1. The van der Waals surface area contributed by atoms with Gasteiger partial charge >= 0.3 is 5.97 Å². The van der Waals surface area contributed by atoms with Crippen molar-refractivity contribution in [2.75, 3.05) is 31.2 Å². The normalized spacial score (nSPS) is 10.9. The molecule has 6 heteroatoms. The summed E-state index contributed by atoms with van der Waals surface area (Å²) in [5.41, 5.74) is 6.83. The van der Waals surface area contributed by atoms with Crippen molar-refractivity contribution in [2.24, 2.45) is 5.41 Å². The number of rotatable bonds is 6. The van der Waals surface area contributed by atoms with E-state index >= 15 is 0 Å². The van der Waals surface area contributed by atoms with Crippen molar-refractivity contribution in [3.63, 3.8) is 0 Å². The molecule has 0 radical (unpaired) electrons. The second-order valence-electron chi connectivity index (χ2n) is 5.34. The van der Waals surface area contributed by atoms with E-state index in [9.17, 15) is 9.59 Å². The lowest BCUT2D eigenvalue weighted by Crippen LogP contribution is -2.39. The minimum absolute atomic E-state index is 0.0740. The van der Waals surface area contributed by atoms with Gasteiger partial charge in [0.05, 0.1) is 29.0 Å². The van der Waals surface area contributed by atoms with Gasteiger partial charge in [-0.3, -0.25) is 4.79 Å². The molecule has 0 aliphatic rings. The van der Waals surface area contributed by atoms with Crippen molar-refractivity contribution in [1.82, 2.24) is 5.32 Å². The van der Waals surface area contributed by atoms with Gasteiger partial charge in [-0.25, -0.2) is 4.79 Å². The van der Waals surface area contributed by atoms with E-state index in [1.807, 2.05) is 13.8 Å². The van der Waals surface area contributed by atoms with E-state index in [1.54, 1.807) is 32.2 Å². The first kappa shape index (κ1) is 16.8. The predicted molar refractivity (Wildman–Crippen MR) is 83.1 cm³/mol. The van der Waals surface area contributed by atoms with Gasteiger partial charge in [-0.15, -0.1) is 0 Å². The number of nitrogens with two attached hydrogens (primary N) is 1. The van der Waals surface area contributed by atoms with E-state index < -0.39 is 11.4 Å². The van der Waals surface area contributed by atoms with E-state index in [0.717, 1.165) is 0 Å². The summed E-state index contributed by atoms with van der Waals surface area (Å²) in [6.45, 7) is 6.10. The van der Waals surface area contributed by atoms with Crippen molar-refractivity contribution in [2.45, 2.75) is 20.8 Å². The Labute approximate surface area is 125 Å². The van der Waals surface area contributed by atoms with Crippen LogP contribution >= 0.6 is 0 Å². The number of hydrogen-bond donors (Lipinski definition) is 3. The van der Waals surface area contributed by atoms with Crippen molar-refractivity contribution in [3.05, 3.63) is 23.8 Å². The van der Waals surface area contributed by atoms with Crippen LogP contribution < -0.4 is 16.4 Å². The van der Waals surface area contributed by atoms with E-state index in [0.29, 0.717) is 30.1 Å². The van der Waals surface area contributed by atoms with Crippen LogP contribution in [-0.2, 0) is 9.53 Å². The van der Waals surface area contributed by atoms with Crippen LogP contribution in [-0.4, -0.2) is 32.1 Å². The lowest BCUT2D eigenvalue weighted by molar-refractivity contribution is -0.128. The fourth-order valence-corrected chi connectivity index (χ4v) is 1.79. The van der Waals surface area contributed by atoms with Crippen molar-refractivity contribution in [1.29, 1.82) is 0 Å². The molecule has 0 aromatic heterocycles. The minimum Gasteiger partial charge on any atom is -0.462 e. The zero-order valence-corrected chi connectivity index (χ0v) is 12.9. The third-order valence-corrected chi connectivity index (χ3v) is 3.13. The van der Waals surface area contributed by atoms with Gasteiger partial charge in [-0.2, -0.15) is 0 Å². The minimum atomic E-state index is -0.596. The van der Waals surface area contributed by atoms with Crippen molar-refractivity contribution in [3.8, 4) is 0 Å². The summed E-state index contributed by atoms with van der Waals surface area (Å²) in [6, 6.07) is 4.89. The average Bonchev–Trinajstić information content (AvgIpc) is 2.45. The number of amides is 1. The van der Waals surface area contributed by atoms with Crippen LogP contribution in [0.1, 0.15) is 31.1 Å². The maximum absolute atomic E-state index is 11.7. The Hall–Kier alpha value is -2.24. The average molecular weight is 293 g/mol. The van der Waals surface area contributed by atoms with Gasteiger partial charge in [0.2, 0.25) is 5.91 Å². The lowest BCUT2D eigenvalue weighted by Gasteiger charge is -2.24. The van der Waals surface area contributed by atoms with E-state index in [-0.39, 0.29) is 5.91 Å². The SMILES string of the molecule is CCOC(=O)c1ccc(N)c(NCC(C)(C)C(=O)NC)c1. The highest BCUT2D eigenvalue weighted by molar-refractivity contribution is 5.92. The number of hydrogen-bond acceptors (Lipinski definition) is 5. The van der Waals surface area contributed by atoms with Crippen LogP contribution in [0.15, 0.2) is 18.2 Å². The third-order valence-electron chi connectivity index (χ3n) is 3.13. The number of nitrogen functional groups attached to an aromatic ring is 1. The van der Waals surface area contributed by atoms with Gasteiger partial charge in [0.1, 0.15) is 0 Å². The topological polar surface area (TPSA) is 93.4 Å². The molecule has 1 rings (SSSR count). The van der Waals surface area contributed by atoms with Crippen LogP contribution in [0.4, 0.5) is 11.4 Å². The molecular formula is C15H23N3O3. The molecule has 0 bridgehead atoms. The number of nitrogens with one attached hydrogen (secondary N) is 2. The number of benzene rings is 1. The molecule has 4 N–H and O–H groups in total. The molecule has 0 fully saturated rings. The second kappa shape index (κ2) is 6.97. The van der Waals surface area contributed by atoms with Gasteiger partial charge < -0.3 is 21.1 Å². The van der Waals surface area contributed by atoms with Crippen LogP contribution in [0, 0.1) is 5.41 Å². The summed E-state index contributed by atoms with van der Waals surface area (Å²) in [7, 11) is 1.60. The molecule has 0 spiro atoms. The smallest absolute Gasteiger partial charge is 0.338 e. The fourth-order valence-electron chi connectivity index (χ4n) is 1.79. The molecule has 0 saturated carbocycles. The van der Waals surface area contributed by atoms with E-state index in [1.165, 1.54) is 0 Å². The molecule has 21 heavy (non-hydrogen) atoms. The monoisotopic (exact) mass is 293 g/mol. The summed E-state index contributed by atoms with van der Waals surface area (Å²) in [6.07, 6.45) is 0. The second-order valence-corrected chi connectivity index (χ2v) is 5.34. The van der Waals surface area contributed by atoms with Crippen molar-refractivity contribution >= 4 is 23.3 Å². The Kier molecular flexibility index (Phi) is 5.58. The van der Waals surface area contributed by atoms with Gasteiger partial charge in [0, 0.05) is 13.6 Å². The van der Waals surface area contributed by atoms with Gasteiger partial charge in [0.25, 0.3) is 0 Å². The van der Waals surface area contributed by atoms with Crippen LogP contribution in [0.3, 0.4) is 0 Å². The molecule has 1 aromatic rings. The van der Waals surface area contributed by atoms with Crippen molar-refractivity contribution < 1.29 is 14.3 Å². The Morgan fingerprint density at radius 3 is 2.57 bits per heavy atom. The standard InChI is InChI=1S/C15H23N3O3/c1-5-21-13(19)10-6-7-11(16)12(8-10)18-9-15(2,3)14(20)17-4/h6-8,18H,5,9,16H2,1-4H3,(H,17,20). The summed E-state index contributed by atoms with van der Waals surface area (Å²) >= 11 is 0. The summed E-state index contributed by atoms with van der Waals surface area (Å²) < 4.78 is 4.95. The fraction of sp³-hybridized carbons (Fsp3) is 0.467. The highest BCUT2D eigenvalue weighted by atomic mass is 16.5. The van der Waals surface area contributed by atoms with E-state index in [2.05, 4.69) is 10.6 Å². The van der Waals surface area contributed by atoms with Gasteiger partial charge in [-0.1, -0.05) is 0 Å². The van der Waals surface area contributed by atoms with Gasteiger partial charge in [-0.05, 0) is 39.0 Å². The first-order chi connectivity index (χ1) is 9.81. The highest BCUT2D eigenvalue weighted by Crippen LogP contribution is 2.23. The largest absolute Gasteiger partial charge is 0.462 e. The number of carbonyl (C=O) groups excluding carboxylic acids is 2. The summed E-state index contributed by atoms with van der Waals surface area (Å²) in [5, 5.41) is 5.73. The van der Waals surface area contributed by atoms with Crippen LogP contribution in [0.25, 0.3) is 0 Å². The van der Waals surface area contributed by atoms with Crippen LogP contribution in [0.5, 0.6) is 0 Å². The first-order valence-electron chi connectivity index (χ1n) is 6.84. The van der Waals surface area contributed by atoms with Crippen LogP contribution in [0.2, 0.25) is 0 Å². The van der Waals surface area contributed by atoms with E-state index in [4.69, 9.17) is 10.5 Å². The Morgan fingerprint density at radius 1 is 1.33 bits per heavy atom. The maximum atomic E-state index is 11.7. The Balaban J connectivity index is 2.86. The number of anilines is 2. The molecule has 0 aliphatic heterocycles. The molecule has 0 saturated heterocycles. The third kappa shape index (κ3) is 4.37. The lowest BCUT2D eigenvalue weighted by atomic mass is 9.92. The molecule has 0 atom stereocenters. The molecule has 0 aliphatic carbocycles. The zero-order chi connectivity index (χ0) is 16.0. The molecule has 1 amide bonds. The number of esters is 1. The predicted octanol–water partition coefficient (Wildman–Crippen LogP) is 1.63. The summed E-state index contributed by atoms with van der Waals surface area (Å²) in [4.78, 5) is 23.5. The molecule has 116 valence electrons. The zero-order valence-electron chi connectivity index (χ0n) is 12.9. The summed E-state index contributed by atoms with van der Waals surface area (Å²) in [5.74, 6) is -0.471. The quantitative estimate of drug-likeness (QED) is 0.547. The molecule has 0 heterocycles. The molecular weight excluding hydrogens is 270 g/mol. The highest BCUT2D eigenvalue weighted by Gasteiger charge is 2.26. The Bertz CT molecular complexity index is 527.